The second-order valence-electron chi connectivity index (χ2n) is 12.9. The summed E-state index contributed by atoms with van der Waals surface area (Å²) in [7, 11) is 0. The number of rotatable bonds is 7. The molecule has 2 aromatic heterocycles. The largest absolute Gasteiger partial charge is 0.393 e. The molecule has 0 bridgehead atoms. The molecule has 12 heteroatoms. The minimum absolute atomic E-state index is 0.143. The van der Waals surface area contributed by atoms with Crippen molar-refractivity contribution in [3.8, 4) is 6.07 Å². The summed E-state index contributed by atoms with van der Waals surface area (Å²) in [6.07, 6.45) is -2.00. The van der Waals surface area contributed by atoms with E-state index in [2.05, 4.69) is 58.8 Å². The van der Waals surface area contributed by atoms with Crippen LogP contribution in [0.3, 0.4) is 0 Å². The number of hydrogen-bond acceptors (Lipinski definition) is 8. The number of nitrogens with one attached hydrogen (secondary N) is 1. The van der Waals surface area contributed by atoms with E-state index in [-0.39, 0.29) is 17.1 Å². The fourth-order valence-electron chi connectivity index (χ4n) is 7.38. The molecule has 9 nitrogen and oxygen atoms in total. The number of fused-ring (bicyclic) bond motifs is 2. The number of anilines is 1. The van der Waals surface area contributed by atoms with Gasteiger partial charge in [0, 0.05) is 87.2 Å². The zero-order valence-corrected chi connectivity index (χ0v) is 25.2. The number of nitrogens with two attached hydrogens (primary N) is 1. The molecule has 5 heterocycles. The van der Waals surface area contributed by atoms with Crippen LogP contribution >= 0.6 is 0 Å². The molecule has 1 atom stereocenters. The maximum absolute atomic E-state index is 13.0. The van der Waals surface area contributed by atoms with Crippen molar-refractivity contribution in [1.29, 1.82) is 5.26 Å². The van der Waals surface area contributed by atoms with Crippen molar-refractivity contribution in [1.82, 2.24) is 29.7 Å². The Bertz CT molecular complexity index is 1720. The summed E-state index contributed by atoms with van der Waals surface area (Å²) in [6, 6.07) is 15.4. The van der Waals surface area contributed by atoms with Gasteiger partial charge in [-0.3, -0.25) is 9.80 Å². The smallest absolute Gasteiger partial charge is 0.355 e. The molecule has 1 unspecified atom stereocenters. The summed E-state index contributed by atoms with van der Waals surface area (Å²) >= 11 is 0. The number of benzene rings is 2. The maximum Gasteiger partial charge on any atom is 0.393 e. The summed E-state index contributed by atoms with van der Waals surface area (Å²) < 4.78 is 41.2. The van der Waals surface area contributed by atoms with Gasteiger partial charge in [-0.25, -0.2) is 9.97 Å². The van der Waals surface area contributed by atoms with Crippen molar-refractivity contribution in [3.63, 3.8) is 0 Å². The fourth-order valence-corrected chi connectivity index (χ4v) is 7.38. The highest BCUT2D eigenvalue weighted by atomic mass is 19.4. The number of nitriles is 1. The molecule has 0 radical (unpaired) electrons. The van der Waals surface area contributed by atoms with E-state index in [1.54, 1.807) is 12.1 Å². The first kappa shape index (κ1) is 29.9. The van der Waals surface area contributed by atoms with Gasteiger partial charge in [0.1, 0.15) is 23.9 Å². The van der Waals surface area contributed by atoms with Crippen molar-refractivity contribution < 1.29 is 13.2 Å². The van der Waals surface area contributed by atoms with Crippen molar-refractivity contribution in [2.75, 3.05) is 63.8 Å². The molecule has 3 aliphatic rings. The average Bonchev–Trinajstić information content (AvgIpc) is 3.38. The van der Waals surface area contributed by atoms with Crippen LogP contribution in [0.25, 0.3) is 21.8 Å². The number of hydrogen-bond donors (Lipinski definition) is 2. The quantitative estimate of drug-likeness (QED) is 0.321. The molecule has 2 aromatic carbocycles. The molecule has 236 valence electrons. The number of nitrogens with zero attached hydrogens (tertiary/aromatic N) is 7. The molecule has 4 aromatic rings. The fraction of sp³-hybridized carbons (Fsp3) is 0.485. The highest BCUT2D eigenvalue weighted by Gasteiger charge is 2.46. The topological polar surface area (TPSA) is 102 Å². The summed E-state index contributed by atoms with van der Waals surface area (Å²) in [5.74, 6) is 0.707. The van der Waals surface area contributed by atoms with Crippen molar-refractivity contribution >= 4 is 27.6 Å². The summed E-state index contributed by atoms with van der Waals surface area (Å²) in [5.41, 5.74) is 10.6. The molecule has 7 rings (SSSR count). The first-order chi connectivity index (χ1) is 21.7. The van der Waals surface area contributed by atoms with E-state index < -0.39 is 12.6 Å². The maximum atomic E-state index is 13.0. The van der Waals surface area contributed by atoms with Crippen LogP contribution in [0.2, 0.25) is 0 Å². The van der Waals surface area contributed by atoms with Crippen molar-refractivity contribution in [2.45, 2.75) is 38.1 Å². The second kappa shape index (κ2) is 11.9. The lowest BCUT2D eigenvalue weighted by molar-refractivity contribution is -0.127. The molecule has 3 saturated heterocycles. The molecule has 3 N–H and O–H groups in total. The molecular formula is C33H38F3N9. The van der Waals surface area contributed by atoms with Gasteiger partial charge in [0.2, 0.25) is 0 Å². The van der Waals surface area contributed by atoms with E-state index in [4.69, 9.17) is 5.73 Å². The van der Waals surface area contributed by atoms with Gasteiger partial charge in [0.25, 0.3) is 0 Å². The summed E-state index contributed by atoms with van der Waals surface area (Å²) in [6.45, 7) is 9.12. The van der Waals surface area contributed by atoms with Gasteiger partial charge in [-0.05, 0) is 54.3 Å². The van der Waals surface area contributed by atoms with E-state index in [0.717, 1.165) is 94.8 Å². The number of piperazine rings is 1. The predicted molar refractivity (Wildman–Crippen MR) is 168 cm³/mol. The molecule has 3 aliphatic heterocycles. The molecule has 0 aliphatic carbocycles. The zero-order chi connectivity index (χ0) is 31.2. The monoisotopic (exact) mass is 617 g/mol. The van der Waals surface area contributed by atoms with Crippen LogP contribution in [0.15, 0.2) is 48.8 Å². The van der Waals surface area contributed by atoms with Crippen LogP contribution < -0.4 is 16.0 Å². The SMILES string of the molecule is N#Cc1cc2cc(C(N)N3CCC4(CC3)CN(c3ncnc5ccc(CC(F)(F)F)cc35)C4)ccc2n1CCN1CCNCC1. The van der Waals surface area contributed by atoms with Gasteiger partial charge in [-0.1, -0.05) is 12.1 Å². The summed E-state index contributed by atoms with van der Waals surface area (Å²) in [5, 5.41) is 14.9. The standard InChI is InChI=1S/C33H38F3N9/c34-33(35,36)18-23-1-3-28-27(15-23)31(41-22-40-28)44-20-32(21-44)5-9-43(10-6-32)30(38)24-2-4-29-25(16-24)17-26(19-37)45(29)14-13-42-11-7-39-8-12-42/h1-4,15-17,22,30,39H,5-14,18,20-21,38H2. The van der Waals surface area contributed by atoms with E-state index in [1.165, 1.54) is 12.4 Å². The Balaban J connectivity index is 0.993. The third kappa shape index (κ3) is 6.10. The highest BCUT2D eigenvalue weighted by Crippen LogP contribution is 2.44. The summed E-state index contributed by atoms with van der Waals surface area (Å²) in [4.78, 5) is 15.7. The van der Waals surface area contributed by atoms with Crippen LogP contribution in [0, 0.1) is 16.7 Å². The van der Waals surface area contributed by atoms with Crippen molar-refractivity contribution in [3.05, 3.63) is 65.6 Å². The van der Waals surface area contributed by atoms with Crippen LogP contribution in [-0.2, 0) is 13.0 Å². The number of piperidine rings is 1. The Morgan fingerprint density at radius 1 is 0.978 bits per heavy atom. The van der Waals surface area contributed by atoms with E-state index in [0.29, 0.717) is 22.4 Å². The van der Waals surface area contributed by atoms with Crippen LogP contribution in [0.1, 0.15) is 35.8 Å². The Morgan fingerprint density at radius 2 is 1.76 bits per heavy atom. The van der Waals surface area contributed by atoms with Gasteiger partial charge < -0.3 is 20.5 Å². The number of halogens is 3. The van der Waals surface area contributed by atoms with E-state index in [1.807, 2.05) is 6.07 Å². The zero-order valence-electron chi connectivity index (χ0n) is 25.2. The van der Waals surface area contributed by atoms with Gasteiger partial charge in [-0.2, -0.15) is 18.4 Å². The van der Waals surface area contributed by atoms with Crippen LogP contribution in [0.5, 0.6) is 0 Å². The lowest BCUT2D eigenvalue weighted by Gasteiger charge is -2.55. The first-order valence-electron chi connectivity index (χ1n) is 15.7. The number of aromatic nitrogens is 3. The average molecular weight is 618 g/mol. The lowest BCUT2D eigenvalue weighted by Crippen LogP contribution is -2.61. The Hall–Kier alpha value is -3.76. The molecule has 0 saturated carbocycles. The lowest BCUT2D eigenvalue weighted by atomic mass is 9.71. The van der Waals surface area contributed by atoms with Gasteiger partial charge in [0.15, 0.2) is 0 Å². The molecule has 3 fully saturated rings. The highest BCUT2D eigenvalue weighted by molar-refractivity contribution is 5.90. The van der Waals surface area contributed by atoms with E-state index >= 15 is 0 Å². The third-order valence-electron chi connectivity index (χ3n) is 9.92. The van der Waals surface area contributed by atoms with Crippen molar-refractivity contribution in [2.24, 2.45) is 11.1 Å². The third-order valence-corrected chi connectivity index (χ3v) is 9.92. The normalized spacial score (nSPS) is 20.0. The number of likely N-dealkylation sites (tertiary alicyclic amines) is 1. The van der Waals surface area contributed by atoms with Crippen LogP contribution in [0.4, 0.5) is 19.0 Å². The number of alkyl halides is 3. The molecular weight excluding hydrogens is 579 g/mol. The van der Waals surface area contributed by atoms with Gasteiger partial charge >= 0.3 is 6.18 Å². The minimum atomic E-state index is -4.26. The Kier molecular flexibility index (Phi) is 7.90. The predicted octanol–water partition coefficient (Wildman–Crippen LogP) is 4.03. The molecule has 1 spiro atoms. The minimum Gasteiger partial charge on any atom is -0.355 e. The molecule has 45 heavy (non-hydrogen) atoms. The Morgan fingerprint density at radius 3 is 2.49 bits per heavy atom. The Labute approximate surface area is 260 Å². The van der Waals surface area contributed by atoms with Gasteiger partial charge in [-0.15, -0.1) is 0 Å². The van der Waals surface area contributed by atoms with Gasteiger partial charge in [0.05, 0.1) is 18.1 Å². The van der Waals surface area contributed by atoms with Crippen LogP contribution in [-0.4, -0.2) is 89.4 Å². The second-order valence-corrected chi connectivity index (χ2v) is 12.9. The first-order valence-corrected chi connectivity index (χ1v) is 15.7. The molecule has 0 amide bonds. The van der Waals surface area contributed by atoms with E-state index in [9.17, 15) is 18.4 Å².